The van der Waals surface area contributed by atoms with Gasteiger partial charge in [-0.2, -0.15) is 0 Å². The van der Waals surface area contributed by atoms with Crippen LogP contribution in [0.25, 0.3) is 0 Å². The van der Waals surface area contributed by atoms with Crippen molar-refractivity contribution in [2.75, 3.05) is 11.9 Å². The SMILES string of the molecule is Cc1ccc(S[C@@H](C)C(=O)OCC(=O)c2ccc3c(c2)[C@@H](C)C(=O)N3)cc1. The molecule has 0 unspecified atom stereocenters. The van der Waals surface area contributed by atoms with Gasteiger partial charge < -0.3 is 10.1 Å². The van der Waals surface area contributed by atoms with Crippen LogP contribution in [-0.2, 0) is 14.3 Å². The average molecular weight is 383 g/mol. The van der Waals surface area contributed by atoms with Gasteiger partial charge in [0.25, 0.3) is 0 Å². The summed E-state index contributed by atoms with van der Waals surface area (Å²) < 4.78 is 5.19. The highest BCUT2D eigenvalue weighted by Crippen LogP contribution is 2.32. The van der Waals surface area contributed by atoms with E-state index in [1.54, 1.807) is 32.0 Å². The Hall–Kier alpha value is -2.60. The minimum Gasteiger partial charge on any atom is -0.456 e. The lowest BCUT2D eigenvalue weighted by Crippen LogP contribution is -2.21. The molecule has 6 heteroatoms. The van der Waals surface area contributed by atoms with Gasteiger partial charge >= 0.3 is 5.97 Å². The highest BCUT2D eigenvalue weighted by atomic mass is 32.2. The van der Waals surface area contributed by atoms with Gasteiger partial charge in [0.2, 0.25) is 5.91 Å². The molecule has 2 aromatic carbocycles. The molecular formula is C21H21NO4S. The van der Waals surface area contributed by atoms with Crippen LogP contribution in [0, 0.1) is 6.92 Å². The summed E-state index contributed by atoms with van der Waals surface area (Å²) in [5.41, 5.74) is 3.11. The van der Waals surface area contributed by atoms with Crippen molar-refractivity contribution in [2.24, 2.45) is 0 Å². The number of benzene rings is 2. The Morgan fingerprint density at radius 3 is 2.59 bits per heavy atom. The number of carbonyl (C=O) groups excluding carboxylic acids is 3. The van der Waals surface area contributed by atoms with Gasteiger partial charge in [0, 0.05) is 16.1 Å². The van der Waals surface area contributed by atoms with Crippen molar-refractivity contribution >= 4 is 35.1 Å². The third kappa shape index (κ3) is 4.39. The van der Waals surface area contributed by atoms with Crippen molar-refractivity contribution < 1.29 is 19.1 Å². The van der Waals surface area contributed by atoms with Crippen LogP contribution < -0.4 is 5.32 Å². The summed E-state index contributed by atoms with van der Waals surface area (Å²) >= 11 is 1.39. The number of nitrogens with one attached hydrogen (secondary N) is 1. The van der Waals surface area contributed by atoms with Crippen LogP contribution in [0.2, 0.25) is 0 Å². The number of carbonyl (C=O) groups is 3. The average Bonchev–Trinajstić information content (AvgIpc) is 2.94. The molecule has 1 heterocycles. The molecule has 0 bridgehead atoms. The standard InChI is InChI=1S/C21H21NO4S/c1-12-4-7-16(8-5-12)27-14(3)21(25)26-11-19(23)15-6-9-18-17(10-15)13(2)20(24)22-18/h4-10,13-14H,11H2,1-3H3,(H,22,24)/t13-,14+/m1/s1. The summed E-state index contributed by atoms with van der Waals surface area (Å²) in [5, 5.41) is 2.35. The third-order valence-electron chi connectivity index (χ3n) is 4.50. The normalized spacial score (nSPS) is 16.4. The molecular weight excluding hydrogens is 362 g/mol. The number of hydrogen-bond acceptors (Lipinski definition) is 5. The maximum atomic E-state index is 12.4. The fourth-order valence-electron chi connectivity index (χ4n) is 2.80. The molecule has 0 spiro atoms. The second-order valence-electron chi connectivity index (χ2n) is 6.62. The molecule has 0 saturated carbocycles. The summed E-state index contributed by atoms with van der Waals surface area (Å²) in [4.78, 5) is 37.2. The van der Waals surface area contributed by atoms with Gasteiger partial charge in [0.05, 0.1) is 5.92 Å². The topological polar surface area (TPSA) is 72.5 Å². The molecule has 2 aromatic rings. The zero-order valence-corrected chi connectivity index (χ0v) is 16.3. The first kappa shape index (κ1) is 19.2. The maximum Gasteiger partial charge on any atom is 0.319 e. The minimum absolute atomic E-state index is 0.0806. The largest absolute Gasteiger partial charge is 0.456 e. The van der Waals surface area contributed by atoms with Crippen molar-refractivity contribution in [1.29, 1.82) is 0 Å². The van der Waals surface area contributed by atoms with E-state index >= 15 is 0 Å². The molecule has 1 aliphatic heterocycles. The van der Waals surface area contributed by atoms with Crippen LogP contribution in [0.4, 0.5) is 5.69 Å². The van der Waals surface area contributed by atoms with Crippen molar-refractivity contribution in [3.63, 3.8) is 0 Å². The number of fused-ring (bicyclic) bond motifs is 1. The Morgan fingerprint density at radius 2 is 1.89 bits per heavy atom. The quantitative estimate of drug-likeness (QED) is 0.464. The first-order chi connectivity index (χ1) is 12.8. The Balaban J connectivity index is 1.56. The molecule has 0 aliphatic carbocycles. The molecule has 0 aromatic heterocycles. The number of ether oxygens (including phenoxy) is 1. The Bertz CT molecular complexity index is 892. The van der Waals surface area contributed by atoms with Crippen LogP contribution in [0.15, 0.2) is 47.4 Å². The Morgan fingerprint density at radius 1 is 1.19 bits per heavy atom. The molecule has 5 nitrogen and oxygen atoms in total. The predicted octanol–water partition coefficient (Wildman–Crippen LogP) is 3.96. The van der Waals surface area contributed by atoms with Crippen molar-refractivity contribution in [2.45, 2.75) is 36.8 Å². The maximum absolute atomic E-state index is 12.4. The van der Waals surface area contributed by atoms with Crippen molar-refractivity contribution in [3.05, 3.63) is 59.2 Å². The first-order valence-corrected chi connectivity index (χ1v) is 9.61. The Kier molecular flexibility index (Phi) is 5.65. The fraction of sp³-hybridized carbons (Fsp3) is 0.286. The number of esters is 1. The van der Waals surface area contributed by atoms with E-state index in [4.69, 9.17) is 4.74 Å². The highest BCUT2D eigenvalue weighted by Gasteiger charge is 2.27. The lowest BCUT2D eigenvalue weighted by molar-refractivity contribution is -0.141. The van der Waals surface area contributed by atoms with Crippen LogP contribution >= 0.6 is 11.8 Å². The minimum atomic E-state index is -0.430. The van der Waals surface area contributed by atoms with Crippen molar-refractivity contribution in [3.8, 4) is 0 Å². The van der Waals surface area contributed by atoms with Gasteiger partial charge in [-0.15, -0.1) is 11.8 Å². The van der Waals surface area contributed by atoms with Crippen molar-refractivity contribution in [1.82, 2.24) is 0 Å². The molecule has 1 amide bonds. The smallest absolute Gasteiger partial charge is 0.319 e. The van der Waals surface area contributed by atoms with Gasteiger partial charge in [-0.05, 0) is 56.7 Å². The molecule has 0 radical (unpaired) electrons. The van der Waals surface area contributed by atoms with Gasteiger partial charge in [-0.3, -0.25) is 14.4 Å². The molecule has 140 valence electrons. The van der Waals surface area contributed by atoms with E-state index in [-0.39, 0.29) is 24.2 Å². The van der Waals surface area contributed by atoms with Gasteiger partial charge in [0.15, 0.2) is 12.4 Å². The summed E-state index contributed by atoms with van der Waals surface area (Å²) in [6.07, 6.45) is 0. The number of ketones is 1. The number of anilines is 1. The number of rotatable bonds is 6. The molecule has 2 atom stereocenters. The van der Waals surface area contributed by atoms with E-state index in [2.05, 4.69) is 5.32 Å². The zero-order chi connectivity index (χ0) is 19.6. The van der Waals surface area contributed by atoms with E-state index in [1.165, 1.54) is 11.8 Å². The molecule has 1 aliphatic rings. The van der Waals surface area contributed by atoms with E-state index < -0.39 is 11.2 Å². The summed E-state index contributed by atoms with van der Waals surface area (Å²) in [5.74, 6) is -1.09. The second kappa shape index (κ2) is 7.96. The van der Waals surface area contributed by atoms with Crippen LogP contribution in [0.5, 0.6) is 0 Å². The summed E-state index contributed by atoms with van der Waals surface area (Å²) in [6, 6.07) is 12.9. The van der Waals surface area contributed by atoms with Gasteiger partial charge in [-0.1, -0.05) is 17.7 Å². The number of Topliss-reactive ketones (excluding diaryl/α,β-unsaturated/α-hetero) is 1. The molecule has 0 fully saturated rings. The predicted molar refractivity (Wildman–Crippen MR) is 105 cm³/mol. The third-order valence-corrected chi connectivity index (χ3v) is 5.59. The molecule has 1 N–H and O–H groups in total. The van der Waals surface area contributed by atoms with Gasteiger partial charge in [-0.25, -0.2) is 0 Å². The van der Waals surface area contributed by atoms with E-state index in [0.717, 1.165) is 21.7 Å². The Labute approximate surface area is 162 Å². The van der Waals surface area contributed by atoms with E-state index in [9.17, 15) is 14.4 Å². The van der Waals surface area contributed by atoms with Crippen LogP contribution in [0.1, 0.15) is 41.3 Å². The number of amides is 1. The van der Waals surface area contributed by atoms with E-state index in [1.807, 2.05) is 31.2 Å². The van der Waals surface area contributed by atoms with E-state index in [0.29, 0.717) is 5.56 Å². The summed E-state index contributed by atoms with van der Waals surface area (Å²) in [6.45, 7) is 5.24. The van der Waals surface area contributed by atoms with Crippen LogP contribution in [-0.4, -0.2) is 29.5 Å². The number of thioether (sulfide) groups is 1. The molecule has 0 saturated heterocycles. The number of hydrogen-bond donors (Lipinski definition) is 1. The second-order valence-corrected chi connectivity index (χ2v) is 8.03. The zero-order valence-electron chi connectivity index (χ0n) is 15.4. The van der Waals surface area contributed by atoms with Gasteiger partial charge in [0.1, 0.15) is 5.25 Å². The first-order valence-electron chi connectivity index (χ1n) is 8.73. The fourth-order valence-corrected chi connectivity index (χ4v) is 3.66. The lowest BCUT2D eigenvalue weighted by Gasteiger charge is -2.11. The molecule has 3 rings (SSSR count). The summed E-state index contributed by atoms with van der Waals surface area (Å²) in [7, 11) is 0. The molecule has 27 heavy (non-hydrogen) atoms. The monoisotopic (exact) mass is 383 g/mol. The number of aryl methyl sites for hydroxylation is 1. The highest BCUT2D eigenvalue weighted by molar-refractivity contribution is 8.00. The van der Waals surface area contributed by atoms with Crippen LogP contribution in [0.3, 0.4) is 0 Å². The lowest BCUT2D eigenvalue weighted by atomic mass is 9.99.